The Balaban J connectivity index is 2.64. The Hall–Kier alpha value is -1.19. The molecule has 1 aromatic heterocycles. The minimum atomic E-state index is 0.651. The van der Waals surface area contributed by atoms with Crippen LogP contribution in [0.5, 0.6) is 5.88 Å². The van der Waals surface area contributed by atoms with Gasteiger partial charge in [0.15, 0.2) is 0 Å². The number of hydrogen-bond acceptors (Lipinski definition) is 3. The highest BCUT2D eigenvalue weighted by molar-refractivity contribution is 5.52. The molecule has 13 heavy (non-hydrogen) atoms. The van der Waals surface area contributed by atoms with E-state index >= 15 is 0 Å². The predicted molar refractivity (Wildman–Crippen MR) is 52.8 cm³/mol. The van der Waals surface area contributed by atoms with Gasteiger partial charge in [0.1, 0.15) is 5.69 Å². The minimum Gasteiger partial charge on any atom is -0.476 e. The van der Waals surface area contributed by atoms with Crippen molar-refractivity contribution in [2.24, 2.45) is 7.05 Å². The molecule has 4 heteroatoms. The van der Waals surface area contributed by atoms with Crippen molar-refractivity contribution < 1.29 is 4.74 Å². The summed E-state index contributed by atoms with van der Waals surface area (Å²) in [5.41, 5.74) is 7.26. The Morgan fingerprint density at radius 1 is 1.54 bits per heavy atom. The Kier molecular flexibility index (Phi) is 3.17. The van der Waals surface area contributed by atoms with Gasteiger partial charge in [0.05, 0.1) is 12.3 Å². The van der Waals surface area contributed by atoms with E-state index in [2.05, 4.69) is 12.0 Å². The molecule has 1 aromatic rings. The third-order valence-corrected chi connectivity index (χ3v) is 1.95. The summed E-state index contributed by atoms with van der Waals surface area (Å²) in [6, 6.07) is 0. The molecule has 0 saturated carbocycles. The van der Waals surface area contributed by atoms with Gasteiger partial charge in [0.2, 0.25) is 5.88 Å². The van der Waals surface area contributed by atoms with Crippen LogP contribution in [-0.2, 0) is 7.05 Å². The van der Waals surface area contributed by atoms with Crippen molar-refractivity contribution in [1.82, 2.24) is 9.78 Å². The molecule has 4 nitrogen and oxygen atoms in total. The third-order valence-electron chi connectivity index (χ3n) is 1.95. The maximum atomic E-state index is 5.78. The second-order valence-corrected chi connectivity index (χ2v) is 3.13. The maximum absolute atomic E-state index is 5.78. The molecule has 0 aliphatic rings. The molecular formula is C9H17N3O. The van der Waals surface area contributed by atoms with Crippen LogP contribution in [0, 0.1) is 6.92 Å². The van der Waals surface area contributed by atoms with Crippen molar-refractivity contribution in [2.75, 3.05) is 12.3 Å². The topological polar surface area (TPSA) is 53.1 Å². The third kappa shape index (κ3) is 2.14. The van der Waals surface area contributed by atoms with Gasteiger partial charge >= 0.3 is 0 Å². The van der Waals surface area contributed by atoms with E-state index in [4.69, 9.17) is 10.5 Å². The SMILES string of the molecule is CCCCOc1c(N)c(C)nn1C. The van der Waals surface area contributed by atoms with Gasteiger partial charge in [-0.05, 0) is 13.3 Å². The van der Waals surface area contributed by atoms with E-state index in [9.17, 15) is 0 Å². The van der Waals surface area contributed by atoms with E-state index in [0.717, 1.165) is 18.5 Å². The normalized spacial score (nSPS) is 10.4. The average molecular weight is 183 g/mol. The molecule has 0 bridgehead atoms. The van der Waals surface area contributed by atoms with E-state index in [1.807, 2.05) is 14.0 Å². The molecule has 0 unspecified atom stereocenters. The van der Waals surface area contributed by atoms with Crippen LogP contribution in [0.25, 0.3) is 0 Å². The molecule has 1 heterocycles. The summed E-state index contributed by atoms with van der Waals surface area (Å²) < 4.78 is 7.19. The molecule has 0 saturated heterocycles. The van der Waals surface area contributed by atoms with Crippen LogP contribution in [0.3, 0.4) is 0 Å². The van der Waals surface area contributed by atoms with Crippen LogP contribution in [0.1, 0.15) is 25.5 Å². The van der Waals surface area contributed by atoms with Gasteiger partial charge in [-0.3, -0.25) is 0 Å². The molecule has 0 aliphatic heterocycles. The smallest absolute Gasteiger partial charge is 0.235 e. The number of nitrogens with zero attached hydrogens (tertiary/aromatic N) is 2. The number of anilines is 1. The van der Waals surface area contributed by atoms with Crippen LogP contribution in [0.2, 0.25) is 0 Å². The highest BCUT2D eigenvalue weighted by Gasteiger charge is 2.10. The lowest BCUT2D eigenvalue weighted by atomic mass is 10.3. The first kappa shape index (κ1) is 9.89. The van der Waals surface area contributed by atoms with Gasteiger partial charge in [-0.1, -0.05) is 13.3 Å². The van der Waals surface area contributed by atoms with Gasteiger partial charge in [0, 0.05) is 7.05 Å². The highest BCUT2D eigenvalue weighted by atomic mass is 16.5. The van der Waals surface area contributed by atoms with Gasteiger partial charge < -0.3 is 10.5 Å². The lowest BCUT2D eigenvalue weighted by Gasteiger charge is -2.05. The fourth-order valence-corrected chi connectivity index (χ4v) is 1.14. The Labute approximate surface area is 78.7 Å². The van der Waals surface area contributed by atoms with Crippen molar-refractivity contribution in [3.8, 4) is 5.88 Å². The standard InChI is InChI=1S/C9H17N3O/c1-4-5-6-13-9-8(10)7(2)11-12(9)3/h4-6,10H2,1-3H3. The first-order valence-corrected chi connectivity index (χ1v) is 4.58. The number of aromatic nitrogens is 2. The summed E-state index contributed by atoms with van der Waals surface area (Å²) in [7, 11) is 1.84. The highest BCUT2D eigenvalue weighted by Crippen LogP contribution is 2.23. The summed E-state index contributed by atoms with van der Waals surface area (Å²) in [6.45, 7) is 4.71. The number of unbranched alkanes of at least 4 members (excludes halogenated alkanes) is 1. The molecule has 0 fully saturated rings. The molecule has 0 atom stereocenters. The largest absolute Gasteiger partial charge is 0.476 e. The molecule has 0 amide bonds. The maximum Gasteiger partial charge on any atom is 0.235 e. The summed E-state index contributed by atoms with van der Waals surface area (Å²) in [5, 5.41) is 4.16. The summed E-state index contributed by atoms with van der Waals surface area (Å²) in [5.74, 6) is 0.686. The Morgan fingerprint density at radius 2 is 2.23 bits per heavy atom. The van der Waals surface area contributed by atoms with Crippen molar-refractivity contribution >= 4 is 5.69 Å². The van der Waals surface area contributed by atoms with Gasteiger partial charge in [-0.15, -0.1) is 0 Å². The van der Waals surface area contributed by atoms with E-state index in [1.54, 1.807) is 4.68 Å². The van der Waals surface area contributed by atoms with Crippen molar-refractivity contribution in [1.29, 1.82) is 0 Å². The zero-order valence-electron chi connectivity index (χ0n) is 8.50. The second kappa shape index (κ2) is 4.16. The zero-order chi connectivity index (χ0) is 9.84. The van der Waals surface area contributed by atoms with Crippen LogP contribution in [0.4, 0.5) is 5.69 Å². The summed E-state index contributed by atoms with van der Waals surface area (Å²) >= 11 is 0. The van der Waals surface area contributed by atoms with Gasteiger partial charge in [-0.25, -0.2) is 4.68 Å². The fourth-order valence-electron chi connectivity index (χ4n) is 1.14. The molecule has 0 aromatic carbocycles. The Morgan fingerprint density at radius 3 is 2.69 bits per heavy atom. The van der Waals surface area contributed by atoms with Gasteiger partial charge in [-0.2, -0.15) is 5.10 Å². The monoisotopic (exact) mass is 183 g/mol. The number of nitrogen functional groups attached to an aromatic ring is 1. The number of nitrogens with two attached hydrogens (primary N) is 1. The summed E-state index contributed by atoms with van der Waals surface area (Å²) in [4.78, 5) is 0. The fraction of sp³-hybridized carbons (Fsp3) is 0.667. The van der Waals surface area contributed by atoms with Crippen LogP contribution < -0.4 is 10.5 Å². The van der Waals surface area contributed by atoms with Gasteiger partial charge in [0.25, 0.3) is 0 Å². The number of hydrogen-bond donors (Lipinski definition) is 1. The quantitative estimate of drug-likeness (QED) is 0.719. The minimum absolute atomic E-state index is 0.651. The van der Waals surface area contributed by atoms with E-state index < -0.39 is 0 Å². The average Bonchev–Trinajstić information content (AvgIpc) is 2.32. The Bertz CT molecular complexity index is 281. The predicted octanol–water partition coefficient (Wildman–Crippen LogP) is 1.49. The van der Waals surface area contributed by atoms with Crippen molar-refractivity contribution in [3.63, 3.8) is 0 Å². The number of rotatable bonds is 4. The lowest BCUT2D eigenvalue weighted by Crippen LogP contribution is -2.03. The first-order chi connectivity index (χ1) is 6.16. The molecule has 2 N–H and O–H groups in total. The van der Waals surface area contributed by atoms with Crippen molar-refractivity contribution in [3.05, 3.63) is 5.69 Å². The second-order valence-electron chi connectivity index (χ2n) is 3.13. The molecule has 0 aliphatic carbocycles. The lowest BCUT2D eigenvalue weighted by molar-refractivity contribution is 0.285. The number of aryl methyl sites for hydroxylation is 2. The molecular weight excluding hydrogens is 166 g/mol. The molecule has 0 radical (unpaired) electrons. The zero-order valence-corrected chi connectivity index (χ0v) is 8.50. The van der Waals surface area contributed by atoms with Crippen LogP contribution >= 0.6 is 0 Å². The summed E-state index contributed by atoms with van der Waals surface area (Å²) in [6.07, 6.45) is 2.17. The van der Waals surface area contributed by atoms with E-state index in [1.165, 1.54) is 0 Å². The van der Waals surface area contributed by atoms with Crippen LogP contribution in [0.15, 0.2) is 0 Å². The molecule has 1 rings (SSSR count). The number of ether oxygens (including phenoxy) is 1. The van der Waals surface area contributed by atoms with E-state index in [0.29, 0.717) is 18.2 Å². The van der Waals surface area contributed by atoms with E-state index in [-0.39, 0.29) is 0 Å². The van der Waals surface area contributed by atoms with Crippen LogP contribution in [-0.4, -0.2) is 16.4 Å². The molecule has 0 spiro atoms. The van der Waals surface area contributed by atoms with Crippen molar-refractivity contribution in [2.45, 2.75) is 26.7 Å². The first-order valence-electron chi connectivity index (χ1n) is 4.58. The molecule has 74 valence electrons.